The van der Waals surface area contributed by atoms with Crippen LogP contribution in [0.15, 0.2) is 72.5 Å². The molecule has 29 heavy (non-hydrogen) atoms. The fraction of sp³-hybridized carbons (Fsp3) is 0.174. The molecule has 0 fully saturated rings. The minimum atomic E-state index is -3.66. The standard InChI is InChI=1S/C23H23ClN2O3/c24-20-8-2-6-18(13-20)22(27)15-25-10-11-26-21-9-3-5-17(14-21)16-4-1-7-19(12-16)23(28)29/h1-9,12-14,22,25-27H,10-11,15H2,(H,28,29)/t22-/m1/s1/i1D,2D,3D,4D,5D,6D,7D,8D,9D,10D2,12D,13D,14D,15D2,22D. The van der Waals surface area contributed by atoms with Crippen molar-refractivity contribution in [1.29, 1.82) is 0 Å². The van der Waals surface area contributed by atoms with Crippen LogP contribution in [-0.2, 0) is 0 Å². The van der Waals surface area contributed by atoms with Crippen molar-refractivity contribution in [3.8, 4) is 11.1 Å². The lowest BCUT2D eigenvalue weighted by Crippen LogP contribution is -2.26. The first kappa shape index (κ1) is 8.11. The molecule has 4 N–H and O–H groups in total. The molecule has 3 rings (SSSR count). The number of benzene rings is 3. The van der Waals surface area contributed by atoms with Gasteiger partial charge in [-0.25, -0.2) is 4.79 Å². The van der Waals surface area contributed by atoms with Gasteiger partial charge in [0.05, 0.1) is 29.5 Å². The Morgan fingerprint density at radius 1 is 1.10 bits per heavy atom. The summed E-state index contributed by atoms with van der Waals surface area (Å²) in [4.78, 5) is 11.7. The fourth-order valence-corrected chi connectivity index (χ4v) is 2.06. The second kappa shape index (κ2) is 10.1. The van der Waals surface area contributed by atoms with Crippen molar-refractivity contribution in [1.82, 2.24) is 5.32 Å². The van der Waals surface area contributed by atoms with Crippen molar-refractivity contribution in [3.05, 3.63) is 88.7 Å². The Balaban J connectivity index is 2.09. The Hall–Kier alpha value is -2.86. The Morgan fingerprint density at radius 3 is 2.62 bits per heavy atom. The summed E-state index contributed by atoms with van der Waals surface area (Å²) in [5, 5.41) is 23.5. The highest BCUT2D eigenvalue weighted by atomic mass is 35.5. The largest absolute Gasteiger partial charge is 0.478 e. The number of rotatable bonds is 9. The molecule has 150 valence electrons. The highest BCUT2D eigenvalue weighted by Gasteiger charge is 2.07. The van der Waals surface area contributed by atoms with E-state index in [0.717, 1.165) is 0 Å². The quantitative estimate of drug-likeness (QED) is 0.406. The summed E-state index contributed by atoms with van der Waals surface area (Å²) in [6, 6.07) is -11.4. The van der Waals surface area contributed by atoms with E-state index in [0.29, 0.717) is 0 Å². The fourth-order valence-electron chi connectivity index (χ4n) is 1.91. The van der Waals surface area contributed by atoms with Gasteiger partial charge in [-0.1, -0.05) is 47.9 Å². The molecule has 3 aromatic rings. The van der Waals surface area contributed by atoms with Gasteiger partial charge in [-0.15, -0.1) is 0 Å². The lowest BCUT2D eigenvalue weighted by Gasteiger charge is -2.13. The Bertz CT molecular complexity index is 1760. The van der Waals surface area contributed by atoms with Crippen LogP contribution in [0.25, 0.3) is 11.1 Å². The summed E-state index contributed by atoms with van der Waals surface area (Å²) in [6.45, 7) is -7.71. The van der Waals surface area contributed by atoms with Crippen LogP contribution in [0, 0.1) is 0 Å². The second-order valence-corrected chi connectivity index (χ2v) is 5.50. The van der Waals surface area contributed by atoms with Crippen LogP contribution in [0.3, 0.4) is 0 Å². The number of hydrogen-bond donors (Lipinski definition) is 4. The molecule has 0 saturated carbocycles. The van der Waals surface area contributed by atoms with Crippen LogP contribution in [-0.4, -0.2) is 35.7 Å². The number of carboxylic acids is 1. The normalized spacial score (nSPS) is 22.2. The molecule has 5 nitrogen and oxygen atoms in total. The summed E-state index contributed by atoms with van der Waals surface area (Å²) in [5.41, 5.74) is -4.43. The molecule has 0 saturated heterocycles. The summed E-state index contributed by atoms with van der Waals surface area (Å²) in [5.74, 6) is -1.82. The number of hydrogen-bond acceptors (Lipinski definition) is 4. The van der Waals surface area contributed by atoms with Crippen molar-refractivity contribution < 1.29 is 38.3 Å². The topological polar surface area (TPSA) is 81.6 Å². The summed E-state index contributed by atoms with van der Waals surface area (Å²) in [6.07, 6.45) is -3.66. The molecule has 6 heteroatoms. The predicted molar refractivity (Wildman–Crippen MR) is 117 cm³/mol. The van der Waals surface area contributed by atoms with Crippen LogP contribution < -0.4 is 10.6 Å². The molecule has 0 heterocycles. The zero-order chi connectivity index (χ0) is 35.6. The second-order valence-electron chi connectivity index (χ2n) is 5.12. The molecule has 0 bridgehead atoms. The highest BCUT2D eigenvalue weighted by molar-refractivity contribution is 6.30. The van der Waals surface area contributed by atoms with E-state index in [2.05, 4.69) is 5.32 Å². The average molecular weight is 428 g/mol. The average Bonchev–Trinajstić information content (AvgIpc) is 2.93. The molecule has 0 aliphatic heterocycles. The Morgan fingerprint density at radius 2 is 1.83 bits per heavy atom. The first-order valence-corrected chi connectivity index (χ1v) is 8.18. The van der Waals surface area contributed by atoms with Gasteiger partial charge in [0.25, 0.3) is 0 Å². The molecule has 0 aromatic heterocycles. The molecule has 1 atom stereocenters. The smallest absolute Gasteiger partial charge is 0.335 e. The van der Waals surface area contributed by atoms with Gasteiger partial charge in [-0.05, 0) is 52.9 Å². The number of nitrogens with one attached hydrogen (secondary N) is 2. The van der Waals surface area contributed by atoms with E-state index in [-0.39, 0.29) is 0 Å². The molecule has 0 spiro atoms. The summed E-state index contributed by atoms with van der Waals surface area (Å²) < 4.78 is 138. The lowest BCUT2D eigenvalue weighted by molar-refractivity contribution is 0.0697. The van der Waals surface area contributed by atoms with Crippen molar-refractivity contribution >= 4 is 23.3 Å². The summed E-state index contributed by atoms with van der Waals surface area (Å²) in [7, 11) is 0. The van der Waals surface area contributed by atoms with Crippen LogP contribution in [0.1, 0.15) is 45.3 Å². The van der Waals surface area contributed by atoms with Gasteiger partial charge in [0.2, 0.25) is 0 Å². The monoisotopic (exact) mass is 427 g/mol. The van der Waals surface area contributed by atoms with E-state index < -0.39 is 137 Å². The zero-order valence-electron chi connectivity index (χ0n) is 31.4. The number of anilines is 1. The van der Waals surface area contributed by atoms with Crippen LogP contribution in [0.5, 0.6) is 0 Å². The van der Waals surface area contributed by atoms with E-state index >= 15 is 0 Å². The molecule has 0 amide bonds. The maximum absolute atomic E-state index is 11.7. The molecule has 3 aromatic carbocycles. The first-order chi connectivity index (χ1) is 20.8. The van der Waals surface area contributed by atoms with Crippen molar-refractivity contribution in [2.75, 3.05) is 24.9 Å². The predicted octanol–water partition coefficient (Wildman–Crippen LogP) is 4.44. The highest BCUT2D eigenvalue weighted by Crippen LogP contribution is 2.23. The molecule has 0 aliphatic carbocycles. The SMILES string of the molecule is [2H]c1c([2H])c(NCC([2H])([2H])NC([2H])([2H])[C@@]([2H])(O)c2c([2H])c([2H])c([2H])c(Cl)c2[2H])c([2H])c(-c2c([2H])c([2H])c([2H])c(C(=O)O)c2[2H])c1[2H]. The van der Waals surface area contributed by atoms with Gasteiger partial charge in [0.15, 0.2) is 0 Å². The maximum Gasteiger partial charge on any atom is 0.335 e. The van der Waals surface area contributed by atoms with E-state index in [4.69, 9.17) is 34.9 Å². The maximum atomic E-state index is 11.7. The van der Waals surface area contributed by atoms with Crippen LogP contribution in [0.2, 0.25) is 5.02 Å². The first-order valence-electron chi connectivity index (χ1n) is 16.3. The van der Waals surface area contributed by atoms with Crippen LogP contribution in [0.4, 0.5) is 5.69 Å². The van der Waals surface area contributed by atoms with E-state index in [1.54, 1.807) is 5.32 Å². The zero-order valence-corrected chi connectivity index (χ0v) is 15.1. The molecule has 0 aliphatic rings. The molecular formula is C23H23ClN2O3. The Kier molecular flexibility index (Phi) is 2.82. The third-order valence-corrected chi connectivity index (χ3v) is 3.36. The van der Waals surface area contributed by atoms with Gasteiger partial charge >= 0.3 is 5.97 Å². The van der Waals surface area contributed by atoms with Gasteiger partial charge in [-0.3, -0.25) is 0 Å². The van der Waals surface area contributed by atoms with Gasteiger partial charge in [-0.2, -0.15) is 0 Å². The number of aromatic carboxylic acids is 1. The lowest BCUT2D eigenvalue weighted by atomic mass is 10.0. The minimum Gasteiger partial charge on any atom is -0.478 e. The van der Waals surface area contributed by atoms with Crippen molar-refractivity contribution in [2.24, 2.45) is 0 Å². The third-order valence-electron chi connectivity index (χ3n) is 3.17. The molecule has 0 radical (unpaired) electrons. The van der Waals surface area contributed by atoms with Crippen molar-refractivity contribution in [2.45, 2.75) is 6.08 Å². The van der Waals surface area contributed by atoms with Gasteiger partial charge < -0.3 is 20.8 Å². The van der Waals surface area contributed by atoms with Crippen molar-refractivity contribution in [3.63, 3.8) is 0 Å². The number of aliphatic hydroxyl groups is 1. The Labute approximate surface area is 198 Å². The van der Waals surface area contributed by atoms with Gasteiger partial charge in [0.1, 0.15) is 0 Å². The van der Waals surface area contributed by atoms with E-state index in [1.807, 2.05) is 0 Å². The number of carbonyl (C=O) groups is 1. The third kappa shape index (κ3) is 6.06. The van der Waals surface area contributed by atoms with Crippen LogP contribution >= 0.6 is 11.6 Å². The van der Waals surface area contributed by atoms with E-state index in [1.165, 1.54) is 0 Å². The molecular weight excluding hydrogens is 388 g/mol. The number of carboxylic acid groups (broad SMARTS) is 1. The minimum absolute atomic E-state index is 0.709. The number of halogens is 1. The molecule has 0 unspecified atom stereocenters. The van der Waals surface area contributed by atoms with E-state index in [9.17, 15) is 15.0 Å². The summed E-state index contributed by atoms with van der Waals surface area (Å²) >= 11 is 5.80. The van der Waals surface area contributed by atoms with Gasteiger partial charge in [0, 0.05) is 35.7 Å².